The Labute approximate surface area is 492 Å². The number of isothiocyanates is 2. The van der Waals surface area contributed by atoms with Gasteiger partial charge in [-0.1, -0.05) is 42.5 Å². The number of halogens is 4. The van der Waals surface area contributed by atoms with Crippen molar-refractivity contribution in [1.29, 1.82) is 0 Å². The van der Waals surface area contributed by atoms with Gasteiger partial charge < -0.3 is 21.3 Å². The second kappa shape index (κ2) is 42.4. The Morgan fingerprint density at radius 3 is 0.700 bits per heavy atom. The summed E-state index contributed by atoms with van der Waals surface area (Å²) in [6.07, 6.45) is 13.7. The first-order valence-electron chi connectivity index (χ1n) is 19.8. The monoisotopic (exact) mass is 1310 g/mol. The zero-order valence-electron chi connectivity index (χ0n) is 39.3. The van der Waals surface area contributed by atoms with Gasteiger partial charge in [0, 0.05) is 49.6 Å². The summed E-state index contributed by atoms with van der Waals surface area (Å²) < 4.78 is 136. The fraction of sp³-hybridized carbons (Fsp3) is 0. The minimum absolute atomic E-state index is 0. The molecular weight excluding hydrogens is 1280 g/mol. The van der Waals surface area contributed by atoms with Crippen LogP contribution in [0.2, 0.25) is 0 Å². The number of rotatable bonds is 10. The first kappa shape index (κ1) is 75.6. The SMILES string of the molecule is S=C=Nc1ccnc(Nc2ccccn2)c1N=C=S.[Co+2].[Co+2].[O-][Cl+3]([O-])([O-])[O-].[O-][Cl+3]([O-])([O-])[O-].[O-][Cl+3]([O-])([O-])[O-].[O-][Cl+3]([O-])([O-])[O-].c1ccc(Nc2ccccn2)nc1.c1ccc(Nc2ccccn2)nc1.c1ccc(Nc2ccccn2)nc1. The van der Waals surface area contributed by atoms with Crippen molar-refractivity contribution in [1.82, 2.24) is 39.9 Å². The standard InChI is InChI=1S/C12H7N5S2.3C10H9N3.4ClHO4.2Co/c18-7-15-9-4-6-14-12(11(9)16-8-19)17-10-3-1-2-5-13-10;3*1-3-7-11-9(5-1)13-10-6-2-4-8-12-10;4*2-1(3,4)5;;/h1-6H,(H,13,14,17);3*1-8H,(H,11,12,13);4*(H,2,3,4,5);;/q;;;;;;;;2*+2/p-4. The Morgan fingerprint density at radius 1 is 0.300 bits per heavy atom. The minimum Gasteiger partial charge on any atom is -0.325 e. The van der Waals surface area contributed by atoms with Crippen LogP contribution in [0, 0.1) is 41.0 Å². The van der Waals surface area contributed by atoms with E-state index in [1.807, 2.05) is 127 Å². The topological polar surface area (TPSA) is 545 Å². The van der Waals surface area contributed by atoms with Crippen molar-refractivity contribution in [2.24, 2.45) is 9.98 Å². The van der Waals surface area contributed by atoms with E-state index in [1.165, 1.54) is 0 Å². The van der Waals surface area contributed by atoms with Gasteiger partial charge in [-0.15, -0.1) is 41.0 Å². The quantitative estimate of drug-likeness (QED) is 0.0730. The molecule has 0 amide bonds. The molecule has 4 N–H and O–H groups in total. The number of anilines is 8. The van der Waals surface area contributed by atoms with Crippen molar-refractivity contribution in [2.45, 2.75) is 0 Å². The second-order valence-corrected chi connectivity index (χ2v) is 15.8. The molecule has 8 aromatic heterocycles. The third-order valence-corrected chi connectivity index (χ3v) is 7.08. The van der Waals surface area contributed by atoms with Crippen molar-refractivity contribution < 1.29 is 149 Å². The van der Waals surface area contributed by atoms with Gasteiger partial charge in [-0.2, -0.15) is 9.98 Å². The van der Waals surface area contributed by atoms with Gasteiger partial charge in [0.2, 0.25) is 0 Å². The van der Waals surface area contributed by atoms with Crippen molar-refractivity contribution in [3.8, 4) is 0 Å². The molecule has 0 spiro atoms. The summed E-state index contributed by atoms with van der Waals surface area (Å²) in [6, 6.07) is 41.4. The summed E-state index contributed by atoms with van der Waals surface area (Å²) in [5.41, 5.74) is 0.960. The summed E-state index contributed by atoms with van der Waals surface area (Å²) in [5, 5.41) is 16.9. The molecule has 0 aliphatic heterocycles. The molecule has 0 bridgehead atoms. The Balaban J connectivity index is 0. The van der Waals surface area contributed by atoms with E-state index < -0.39 is 41.0 Å². The molecule has 0 aromatic carbocycles. The van der Waals surface area contributed by atoms with E-state index >= 15 is 0 Å². The van der Waals surface area contributed by atoms with Gasteiger partial charge in [-0.25, -0.2) is 114 Å². The van der Waals surface area contributed by atoms with Crippen molar-refractivity contribution >= 4 is 92.7 Å². The van der Waals surface area contributed by atoms with Gasteiger partial charge in [0.25, 0.3) is 0 Å². The average molecular weight is 1310 g/mol. The molecular formula is C42H34Cl4Co2N14O16S2. The van der Waals surface area contributed by atoms with Crippen LogP contribution in [0.3, 0.4) is 0 Å². The molecule has 8 rings (SSSR count). The zero-order valence-corrected chi connectivity index (χ0v) is 46.1. The molecule has 30 nitrogen and oxygen atoms in total. The maximum atomic E-state index is 8.49. The van der Waals surface area contributed by atoms with Crippen LogP contribution in [0.15, 0.2) is 193 Å². The summed E-state index contributed by atoms with van der Waals surface area (Å²) >= 11 is 9.22. The normalized spacial score (nSPS) is 9.80. The fourth-order valence-electron chi connectivity index (χ4n) is 4.40. The van der Waals surface area contributed by atoms with E-state index in [9.17, 15) is 0 Å². The number of hydrogen-bond donors (Lipinski definition) is 4. The first-order chi connectivity index (χ1) is 36.7. The largest absolute Gasteiger partial charge is 2.00 e. The first-order valence-corrected chi connectivity index (χ1v) is 25.5. The van der Waals surface area contributed by atoms with E-state index in [2.05, 4.69) is 106 Å². The van der Waals surface area contributed by atoms with Crippen LogP contribution in [0.5, 0.6) is 0 Å². The maximum absolute atomic E-state index is 8.49. The predicted molar refractivity (Wildman–Crippen MR) is 236 cm³/mol. The summed E-state index contributed by atoms with van der Waals surface area (Å²) in [4.78, 5) is 40.9. The molecule has 38 heteroatoms. The number of nitrogens with zero attached hydrogens (tertiary/aromatic N) is 10. The van der Waals surface area contributed by atoms with E-state index in [0.717, 1.165) is 34.9 Å². The molecule has 8 heterocycles. The van der Waals surface area contributed by atoms with E-state index in [1.54, 1.807) is 55.6 Å². The second-order valence-electron chi connectivity index (χ2n) is 12.5. The van der Waals surface area contributed by atoms with Crippen LogP contribution in [0.4, 0.5) is 57.9 Å². The molecule has 0 atom stereocenters. The van der Waals surface area contributed by atoms with Crippen LogP contribution in [-0.2, 0) is 33.6 Å². The minimum atomic E-state index is -4.94. The van der Waals surface area contributed by atoms with Gasteiger partial charge >= 0.3 is 33.6 Å². The van der Waals surface area contributed by atoms with Gasteiger partial charge in [0.15, 0.2) is 5.82 Å². The Hall–Kier alpha value is -6.47. The number of aromatic nitrogens is 8. The van der Waals surface area contributed by atoms with Crippen LogP contribution < -0.4 is 95.8 Å². The van der Waals surface area contributed by atoms with Crippen molar-refractivity contribution in [2.75, 3.05) is 21.3 Å². The summed E-state index contributed by atoms with van der Waals surface area (Å²) in [5.74, 6) is 5.95. The number of nitrogens with one attached hydrogen (secondary N) is 4. The van der Waals surface area contributed by atoms with Crippen molar-refractivity contribution in [3.05, 3.63) is 183 Å². The van der Waals surface area contributed by atoms with Crippen LogP contribution >= 0.6 is 24.4 Å². The molecule has 426 valence electrons. The predicted octanol–water partition coefficient (Wildman–Crippen LogP) is -8.68. The molecule has 8 aromatic rings. The Morgan fingerprint density at radius 2 is 0.512 bits per heavy atom. The Kier molecular flexibility index (Phi) is 40.1. The molecule has 2 radical (unpaired) electrons. The zero-order chi connectivity index (χ0) is 58.3. The van der Waals surface area contributed by atoms with Gasteiger partial charge in [0.05, 0.1) is 10.3 Å². The number of aliphatic imine (C=N–C) groups is 2. The molecule has 80 heavy (non-hydrogen) atoms. The van der Waals surface area contributed by atoms with E-state index in [-0.39, 0.29) is 33.6 Å². The van der Waals surface area contributed by atoms with Crippen LogP contribution in [-0.4, -0.2) is 50.2 Å². The van der Waals surface area contributed by atoms with Gasteiger partial charge in [-0.3, -0.25) is 0 Å². The maximum Gasteiger partial charge on any atom is 2.00 e. The Bertz CT molecular complexity index is 2560. The van der Waals surface area contributed by atoms with Crippen molar-refractivity contribution in [3.63, 3.8) is 0 Å². The van der Waals surface area contributed by atoms with Crippen LogP contribution in [0.1, 0.15) is 0 Å². The average Bonchev–Trinajstić information content (AvgIpc) is 3.36. The molecule has 0 unspecified atom stereocenters. The summed E-state index contributed by atoms with van der Waals surface area (Å²) in [7, 11) is -19.8. The van der Waals surface area contributed by atoms with E-state index in [0.29, 0.717) is 23.0 Å². The smallest absolute Gasteiger partial charge is 0.325 e. The fourth-order valence-corrected chi connectivity index (χ4v) is 4.59. The number of thiocarbonyl (C=S) groups is 2. The molecule has 0 aliphatic rings. The van der Waals surface area contributed by atoms with Gasteiger partial charge in [-0.05, 0) is 115 Å². The number of pyridine rings is 8. The third kappa shape index (κ3) is 48.6. The third-order valence-electron chi connectivity index (χ3n) is 6.90. The molecule has 0 aliphatic carbocycles. The number of hydrogen-bond acceptors (Lipinski definition) is 32. The van der Waals surface area contributed by atoms with E-state index in [4.69, 9.17) is 74.5 Å². The van der Waals surface area contributed by atoms with Crippen LogP contribution in [0.25, 0.3) is 0 Å². The molecule has 0 fully saturated rings. The van der Waals surface area contributed by atoms with Gasteiger partial charge in [0.1, 0.15) is 52.1 Å². The molecule has 0 saturated heterocycles. The molecule has 0 saturated carbocycles. The summed E-state index contributed by atoms with van der Waals surface area (Å²) in [6.45, 7) is 0.